The van der Waals surface area contributed by atoms with E-state index in [2.05, 4.69) is 5.32 Å². The van der Waals surface area contributed by atoms with Gasteiger partial charge in [0.25, 0.3) is 0 Å². The van der Waals surface area contributed by atoms with Crippen LogP contribution in [0.2, 0.25) is 0 Å². The molecule has 3 rings (SSSR count). The zero-order valence-corrected chi connectivity index (χ0v) is 15.9. The Balaban J connectivity index is 1.76. The van der Waals surface area contributed by atoms with Gasteiger partial charge in [-0.05, 0) is 31.5 Å². The molecular weight excluding hydrogens is 350 g/mol. The average Bonchev–Trinajstić information content (AvgIpc) is 3.00. The number of rotatable bonds is 7. The van der Waals surface area contributed by atoms with Crippen molar-refractivity contribution in [2.75, 3.05) is 12.4 Å². The number of nitrogens with one attached hydrogen (secondary N) is 1. The maximum absolute atomic E-state index is 12.8. The van der Waals surface area contributed by atoms with Crippen LogP contribution in [0.4, 0.5) is 0 Å². The Morgan fingerprint density at radius 2 is 1.69 bits per heavy atom. The third-order valence-corrected chi connectivity index (χ3v) is 6.18. The van der Waals surface area contributed by atoms with Gasteiger partial charge in [-0.25, -0.2) is 8.42 Å². The summed E-state index contributed by atoms with van der Waals surface area (Å²) >= 11 is 0. The molecule has 1 aliphatic rings. The molecule has 1 N–H and O–H groups in total. The second kappa shape index (κ2) is 7.88. The zero-order valence-electron chi connectivity index (χ0n) is 15.1. The summed E-state index contributed by atoms with van der Waals surface area (Å²) in [5.74, 6) is -0.748. The Morgan fingerprint density at radius 3 is 2.27 bits per heavy atom. The van der Waals surface area contributed by atoms with Crippen LogP contribution >= 0.6 is 0 Å². The maximum Gasteiger partial charge on any atom is 0.180 e. The Kier molecular flexibility index (Phi) is 5.77. The van der Waals surface area contributed by atoms with Crippen LogP contribution in [-0.4, -0.2) is 38.7 Å². The first-order chi connectivity index (χ1) is 12.4. The highest BCUT2D eigenvalue weighted by Crippen LogP contribution is 2.26. The fourth-order valence-electron chi connectivity index (χ4n) is 3.02. The predicted molar refractivity (Wildman–Crippen MR) is 100 cm³/mol. The van der Waals surface area contributed by atoms with Crippen molar-refractivity contribution in [1.82, 2.24) is 5.32 Å². The van der Waals surface area contributed by atoms with Gasteiger partial charge in [0.2, 0.25) is 0 Å². The van der Waals surface area contributed by atoms with Crippen LogP contribution in [0.3, 0.4) is 0 Å². The molecule has 0 unspecified atom stereocenters. The van der Waals surface area contributed by atoms with Crippen LogP contribution in [0.15, 0.2) is 65.6 Å². The van der Waals surface area contributed by atoms with Crippen molar-refractivity contribution in [1.29, 1.82) is 0 Å². The summed E-state index contributed by atoms with van der Waals surface area (Å²) in [7, 11) is -3.44. The van der Waals surface area contributed by atoms with Gasteiger partial charge in [-0.2, -0.15) is 0 Å². The van der Waals surface area contributed by atoms with Gasteiger partial charge in [0.05, 0.1) is 23.3 Å². The quantitative estimate of drug-likeness (QED) is 0.806. The lowest BCUT2D eigenvalue weighted by atomic mass is 10.1. The molecule has 0 aliphatic carbocycles. The molecule has 26 heavy (non-hydrogen) atoms. The van der Waals surface area contributed by atoms with Crippen LogP contribution in [0, 0.1) is 0 Å². The number of benzene rings is 2. The van der Waals surface area contributed by atoms with Gasteiger partial charge >= 0.3 is 0 Å². The molecule has 0 amide bonds. The standard InChI is InChI=1S/C20H25NO4S/c1-20(2)24-14-19(25-20)18(21-13-16-9-5-3-6-10-16)15-26(22,23)17-11-7-4-8-12-17/h3-12,18-19,21H,13-15H2,1-2H3/t18-,19+/m0/s1. The van der Waals surface area contributed by atoms with Gasteiger partial charge in [-0.1, -0.05) is 48.5 Å². The van der Waals surface area contributed by atoms with Crippen molar-refractivity contribution in [3.8, 4) is 0 Å². The Labute approximate surface area is 155 Å². The first kappa shape index (κ1) is 19.0. The lowest BCUT2D eigenvalue weighted by molar-refractivity contribution is -0.141. The first-order valence-corrected chi connectivity index (χ1v) is 10.4. The molecule has 1 aliphatic heterocycles. The summed E-state index contributed by atoms with van der Waals surface area (Å²) in [5, 5.41) is 3.36. The van der Waals surface area contributed by atoms with Gasteiger partial charge in [0, 0.05) is 6.54 Å². The molecule has 0 spiro atoms. The van der Waals surface area contributed by atoms with Crippen molar-refractivity contribution >= 4 is 9.84 Å². The normalized spacial score (nSPS) is 20.8. The lowest BCUT2D eigenvalue weighted by Crippen LogP contribution is -2.46. The zero-order chi connectivity index (χ0) is 18.6. The minimum atomic E-state index is -3.44. The summed E-state index contributed by atoms with van der Waals surface area (Å²) in [5.41, 5.74) is 1.09. The van der Waals surface area contributed by atoms with Gasteiger partial charge in [0.15, 0.2) is 15.6 Å². The molecule has 1 fully saturated rings. The average molecular weight is 375 g/mol. The van der Waals surface area contributed by atoms with E-state index in [1.807, 2.05) is 44.2 Å². The monoisotopic (exact) mass is 375 g/mol. The number of hydrogen-bond donors (Lipinski definition) is 1. The van der Waals surface area contributed by atoms with Gasteiger partial charge in [-0.15, -0.1) is 0 Å². The molecule has 0 radical (unpaired) electrons. The molecule has 5 nitrogen and oxygen atoms in total. The fourth-order valence-corrected chi connectivity index (χ4v) is 4.59. The molecule has 1 heterocycles. The highest BCUT2D eigenvalue weighted by Gasteiger charge is 2.39. The van der Waals surface area contributed by atoms with Crippen molar-refractivity contribution in [3.63, 3.8) is 0 Å². The second-order valence-electron chi connectivity index (χ2n) is 6.93. The minimum absolute atomic E-state index is 0.0477. The van der Waals surface area contributed by atoms with Crippen molar-refractivity contribution in [2.24, 2.45) is 0 Å². The molecular formula is C20H25NO4S. The SMILES string of the molecule is CC1(C)OC[C@H]([C@H](CS(=O)(=O)c2ccccc2)NCc2ccccc2)O1. The molecule has 0 aromatic heterocycles. The van der Waals surface area contributed by atoms with Gasteiger partial charge < -0.3 is 14.8 Å². The van der Waals surface area contributed by atoms with E-state index in [0.717, 1.165) is 5.56 Å². The molecule has 140 valence electrons. The topological polar surface area (TPSA) is 64.6 Å². The second-order valence-corrected chi connectivity index (χ2v) is 8.97. The summed E-state index contributed by atoms with van der Waals surface area (Å²) in [6, 6.07) is 18.0. The number of sulfone groups is 1. The van der Waals surface area contributed by atoms with E-state index in [-0.39, 0.29) is 17.9 Å². The van der Waals surface area contributed by atoms with Crippen LogP contribution in [0.5, 0.6) is 0 Å². The Bertz CT molecular complexity index is 806. The third-order valence-electron chi connectivity index (χ3n) is 4.39. The largest absolute Gasteiger partial charge is 0.348 e. The Morgan fingerprint density at radius 1 is 1.08 bits per heavy atom. The van der Waals surface area contributed by atoms with Crippen LogP contribution in [0.1, 0.15) is 19.4 Å². The Hall–Kier alpha value is -1.73. The van der Waals surface area contributed by atoms with Crippen LogP contribution in [0.25, 0.3) is 0 Å². The maximum atomic E-state index is 12.8. The van der Waals surface area contributed by atoms with E-state index in [1.165, 1.54) is 0 Å². The smallest absolute Gasteiger partial charge is 0.180 e. The fraction of sp³-hybridized carbons (Fsp3) is 0.400. The summed E-state index contributed by atoms with van der Waals surface area (Å²) in [6.07, 6.45) is -0.327. The summed E-state index contributed by atoms with van der Waals surface area (Å²) in [6.45, 7) is 4.61. The highest BCUT2D eigenvalue weighted by molar-refractivity contribution is 7.91. The molecule has 2 atom stereocenters. The van der Waals surface area contributed by atoms with Gasteiger partial charge in [0.1, 0.15) is 6.10 Å². The molecule has 2 aromatic rings. The first-order valence-electron chi connectivity index (χ1n) is 8.73. The molecule has 0 bridgehead atoms. The van der Waals surface area contributed by atoms with E-state index < -0.39 is 15.6 Å². The summed E-state index contributed by atoms with van der Waals surface area (Å²) < 4.78 is 37.3. The molecule has 0 saturated carbocycles. The molecule has 2 aromatic carbocycles. The van der Waals surface area contributed by atoms with E-state index in [0.29, 0.717) is 18.0 Å². The van der Waals surface area contributed by atoms with Crippen molar-refractivity contribution in [2.45, 2.75) is 43.2 Å². The van der Waals surface area contributed by atoms with Crippen molar-refractivity contribution in [3.05, 3.63) is 66.2 Å². The predicted octanol–water partition coefficient (Wildman–Crippen LogP) is 2.77. The van der Waals surface area contributed by atoms with Crippen molar-refractivity contribution < 1.29 is 17.9 Å². The summed E-state index contributed by atoms with van der Waals surface area (Å²) in [4.78, 5) is 0.324. The van der Waals surface area contributed by atoms with E-state index in [1.54, 1.807) is 30.3 Å². The van der Waals surface area contributed by atoms with Crippen LogP contribution < -0.4 is 5.32 Å². The van der Waals surface area contributed by atoms with Crippen LogP contribution in [-0.2, 0) is 25.9 Å². The van der Waals surface area contributed by atoms with E-state index in [9.17, 15) is 8.42 Å². The number of ether oxygens (including phenoxy) is 2. The van der Waals surface area contributed by atoms with E-state index in [4.69, 9.17) is 9.47 Å². The third kappa shape index (κ3) is 4.92. The lowest BCUT2D eigenvalue weighted by Gasteiger charge is -2.25. The molecule has 1 saturated heterocycles. The number of hydrogen-bond acceptors (Lipinski definition) is 5. The van der Waals surface area contributed by atoms with E-state index >= 15 is 0 Å². The van der Waals surface area contributed by atoms with Gasteiger partial charge in [-0.3, -0.25) is 0 Å². The highest BCUT2D eigenvalue weighted by atomic mass is 32.2. The minimum Gasteiger partial charge on any atom is -0.348 e. The molecule has 6 heteroatoms.